The van der Waals surface area contributed by atoms with Crippen LogP contribution in [0.5, 0.6) is 0 Å². The lowest BCUT2D eigenvalue weighted by atomic mass is 9.94. The van der Waals surface area contributed by atoms with Crippen molar-refractivity contribution in [1.82, 2.24) is 0 Å². The molecule has 0 heterocycles. The van der Waals surface area contributed by atoms with E-state index in [1.807, 2.05) is 13.8 Å². The van der Waals surface area contributed by atoms with Gasteiger partial charge in [0.05, 0.1) is 6.10 Å². The summed E-state index contributed by atoms with van der Waals surface area (Å²) in [5.74, 6) is -0.0100. The molecule has 0 saturated heterocycles. The molecule has 0 amide bonds. The van der Waals surface area contributed by atoms with Crippen molar-refractivity contribution in [2.24, 2.45) is 5.92 Å². The normalized spacial score (nSPS) is 15.6. The fraction of sp³-hybridized carbons (Fsp3) is 0.667. The first-order valence-corrected chi connectivity index (χ1v) is 3.88. The zero-order valence-corrected chi connectivity index (χ0v) is 7.42. The summed E-state index contributed by atoms with van der Waals surface area (Å²) >= 11 is 0. The van der Waals surface area contributed by atoms with E-state index in [1.54, 1.807) is 0 Å². The molecule has 0 bridgehead atoms. The average Bonchev–Trinajstić information content (AvgIpc) is 2.00. The molecule has 2 atom stereocenters. The van der Waals surface area contributed by atoms with E-state index >= 15 is 0 Å². The number of aliphatic hydroxyl groups is 1. The molecule has 0 fully saturated rings. The third-order valence-electron chi connectivity index (χ3n) is 1.99. The summed E-state index contributed by atoms with van der Waals surface area (Å²) in [7, 11) is 0. The van der Waals surface area contributed by atoms with Crippen LogP contribution in [-0.4, -0.2) is 17.0 Å². The topological polar surface area (TPSA) is 37.3 Å². The van der Waals surface area contributed by atoms with Gasteiger partial charge in [-0.2, -0.15) is 0 Å². The summed E-state index contributed by atoms with van der Waals surface area (Å²) in [4.78, 5) is 10.7. The molecule has 0 rings (SSSR count). The van der Waals surface area contributed by atoms with Gasteiger partial charge in [0, 0.05) is 5.57 Å². The fourth-order valence-electron chi connectivity index (χ4n) is 0.775. The number of rotatable bonds is 4. The molecule has 2 unspecified atom stereocenters. The van der Waals surface area contributed by atoms with Gasteiger partial charge in [-0.1, -0.05) is 26.8 Å². The third kappa shape index (κ3) is 2.85. The zero-order valence-electron chi connectivity index (χ0n) is 7.42. The van der Waals surface area contributed by atoms with Crippen LogP contribution in [0.1, 0.15) is 27.2 Å². The zero-order chi connectivity index (χ0) is 9.02. The Morgan fingerprint density at radius 2 is 2.09 bits per heavy atom. The molecule has 2 nitrogen and oxygen atoms in total. The standard InChI is InChI=1S/C9H16O2/c1-5-6(2)9(11)7(3)8(4)10/h6,9,11H,3,5H2,1-2,4H3. The summed E-state index contributed by atoms with van der Waals surface area (Å²) in [6.07, 6.45) is 0.186. The predicted octanol–water partition coefficient (Wildman–Crippen LogP) is 1.54. The molecule has 11 heavy (non-hydrogen) atoms. The number of hydrogen-bond acceptors (Lipinski definition) is 2. The van der Waals surface area contributed by atoms with Crippen LogP contribution in [0.4, 0.5) is 0 Å². The second-order valence-corrected chi connectivity index (χ2v) is 2.91. The van der Waals surface area contributed by atoms with Crippen molar-refractivity contribution >= 4 is 5.78 Å². The molecule has 0 aromatic rings. The van der Waals surface area contributed by atoms with Crippen molar-refractivity contribution in [2.75, 3.05) is 0 Å². The van der Waals surface area contributed by atoms with Crippen LogP contribution < -0.4 is 0 Å². The van der Waals surface area contributed by atoms with E-state index in [9.17, 15) is 9.90 Å². The molecule has 1 N–H and O–H groups in total. The second-order valence-electron chi connectivity index (χ2n) is 2.91. The molecule has 0 radical (unpaired) electrons. The number of carbonyl (C=O) groups is 1. The van der Waals surface area contributed by atoms with E-state index < -0.39 is 6.10 Å². The van der Waals surface area contributed by atoms with Gasteiger partial charge >= 0.3 is 0 Å². The average molecular weight is 156 g/mol. The van der Waals surface area contributed by atoms with Gasteiger partial charge in [-0.25, -0.2) is 0 Å². The Bertz CT molecular complexity index is 161. The first-order chi connectivity index (χ1) is 5.00. The largest absolute Gasteiger partial charge is 0.388 e. The molecule has 2 heteroatoms. The maximum absolute atomic E-state index is 10.7. The highest BCUT2D eigenvalue weighted by molar-refractivity contribution is 5.93. The van der Waals surface area contributed by atoms with E-state index in [-0.39, 0.29) is 11.7 Å². The van der Waals surface area contributed by atoms with Crippen LogP contribution in [-0.2, 0) is 4.79 Å². The van der Waals surface area contributed by atoms with E-state index in [0.29, 0.717) is 5.57 Å². The number of Topliss-reactive ketones (excluding diaryl/α,β-unsaturated/α-hetero) is 1. The van der Waals surface area contributed by atoms with Crippen molar-refractivity contribution in [2.45, 2.75) is 33.3 Å². The van der Waals surface area contributed by atoms with Crippen LogP contribution in [0.3, 0.4) is 0 Å². The van der Waals surface area contributed by atoms with E-state index in [0.717, 1.165) is 6.42 Å². The van der Waals surface area contributed by atoms with Crippen LogP contribution in [0.25, 0.3) is 0 Å². The summed E-state index contributed by atoms with van der Waals surface area (Å²) in [5, 5.41) is 9.44. The number of ketones is 1. The molecule has 0 spiro atoms. The molecule has 64 valence electrons. The Hall–Kier alpha value is -0.630. The Labute approximate surface area is 67.9 Å². The lowest BCUT2D eigenvalue weighted by molar-refractivity contribution is -0.114. The quantitative estimate of drug-likeness (QED) is 0.627. The first-order valence-electron chi connectivity index (χ1n) is 3.88. The third-order valence-corrected chi connectivity index (χ3v) is 1.99. The van der Waals surface area contributed by atoms with Crippen molar-refractivity contribution in [3.05, 3.63) is 12.2 Å². The molecule has 0 aliphatic rings. The Morgan fingerprint density at radius 3 is 2.36 bits per heavy atom. The van der Waals surface area contributed by atoms with E-state index in [4.69, 9.17) is 0 Å². The second kappa shape index (κ2) is 4.29. The van der Waals surface area contributed by atoms with Gasteiger partial charge < -0.3 is 5.11 Å². The number of aliphatic hydroxyl groups excluding tert-OH is 1. The number of hydrogen-bond donors (Lipinski definition) is 1. The molecular weight excluding hydrogens is 140 g/mol. The Kier molecular flexibility index (Phi) is 4.04. The highest BCUT2D eigenvalue weighted by Crippen LogP contribution is 2.14. The maximum Gasteiger partial charge on any atom is 0.157 e. The minimum Gasteiger partial charge on any atom is -0.388 e. The highest BCUT2D eigenvalue weighted by Gasteiger charge is 2.17. The maximum atomic E-state index is 10.7. The molecule has 0 saturated carbocycles. The van der Waals surface area contributed by atoms with Gasteiger partial charge in [0.25, 0.3) is 0 Å². The van der Waals surface area contributed by atoms with Crippen molar-refractivity contribution in [3.8, 4) is 0 Å². The van der Waals surface area contributed by atoms with Gasteiger partial charge in [-0.05, 0) is 12.8 Å². The highest BCUT2D eigenvalue weighted by atomic mass is 16.3. The van der Waals surface area contributed by atoms with Crippen LogP contribution >= 0.6 is 0 Å². The van der Waals surface area contributed by atoms with Crippen LogP contribution in [0.2, 0.25) is 0 Å². The van der Waals surface area contributed by atoms with Gasteiger partial charge in [-0.3, -0.25) is 4.79 Å². The minimum absolute atomic E-state index is 0.117. The summed E-state index contributed by atoms with van der Waals surface area (Å²) < 4.78 is 0. The summed E-state index contributed by atoms with van der Waals surface area (Å²) in [5.41, 5.74) is 0.319. The van der Waals surface area contributed by atoms with E-state index in [1.165, 1.54) is 6.92 Å². The predicted molar refractivity (Wildman–Crippen MR) is 45.3 cm³/mol. The lowest BCUT2D eigenvalue weighted by Crippen LogP contribution is -2.22. The summed E-state index contributed by atoms with van der Waals surface area (Å²) in [6, 6.07) is 0. The Morgan fingerprint density at radius 1 is 1.64 bits per heavy atom. The molecule has 0 aliphatic heterocycles. The van der Waals surface area contributed by atoms with Gasteiger partial charge in [0.15, 0.2) is 5.78 Å². The van der Waals surface area contributed by atoms with Crippen molar-refractivity contribution in [3.63, 3.8) is 0 Å². The summed E-state index contributed by atoms with van der Waals surface area (Å²) in [6.45, 7) is 8.82. The fourth-order valence-corrected chi connectivity index (χ4v) is 0.775. The number of carbonyl (C=O) groups excluding carboxylic acids is 1. The minimum atomic E-state index is -0.669. The van der Waals surface area contributed by atoms with Gasteiger partial charge in [0.2, 0.25) is 0 Å². The lowest BCUT2D eigenvalue weighted by Gasteiger charge is -2.17. The SMILES string of the molecule is C=C(C(C)=O)C(O)C(C)CC. The van der Waals surface area contributed by atoms with Crippen molar-refractivity contribution < 1.29 is 9.90 Å². The van der Waals surface area contributed by atoms with E-state index in [2.05, 4.69) is 6.58 Å². The smallest absolute Gasteiger partial charge is 0.157 e. The van der Waals surface area contributed by atoms with Crippen LogP contribution in [0.15, 0.2) is 12.2 Å². The first kappa shape index (κ1) is 10.4. The van der Waals surface area contributed by atoms with Crippen molar-refractivity contribution in [1.29, 1.82) is 0 Å². The monoisotopic (exact) mass is 156 g/mol. The van der Waals surface area contributed by atoms with Gasteiger partial charge in [0.1, 0.15) is 0 Å². The molecule has 0 aliphatic carbocycles. The van der Waals surface area contributed by atoms with Crippen LogP contribution in [0, 0.1) is 5.92 Å². The van der Waals surface area contributed by atoms with Gasteiger partial charge in [-0.15, -0.1) is 0 Å². The molecular formula is C9H16O2. The molecule has 0 aromatic heterocycles. The molecule has 0 aromatic carbocycles. The Balaban J connectivity index is 4.13.